The molecule has 1 aliphatic carbocycles. The van der Waals surface area contributed by atoms with E-state index in [1.807, 2.05) is 0 Å². The van der Waals surface area contributed by atoms with E-state index in [4.69, 9.17) is 4.74 Å². The molecule has 1 aliphatic heterocycles. The molecule has 1 atom stereocenters. The van der Waals surface area contributed by atoms with Crippen LogP contribution in [0.25, 0.3) is 0 Å². The first kappa shape index (κ1) is 9.93. The van der Waals surface area contributed by atoms with Crippen molar-refractivity contribution in [3.05, 3.63) is 0 Å². The van der Waals surface area contributed by atoms with Gasteiger partial charge in [-0.3, -0.25) is 4.79 Å². The second-order valence-electron chi connectivity index (χ2n) is 4.05. The van der Waals surface area contributed by atoms with Gasteiger partial charge in [-0.15, -0.1) is 0 Å². The van der Waals surface area contributed by atoms with Gasteiger partial charge in [0.1, 0.15) is 6.10 Å². The lowest BCUT2D eigenvalue weighted by Crippen LogP contribution is -2.49. The number of rotatable bonds is 2. The smallest absolute Gasteiger partial charge is 0.250 e. The predicted octanol–water partition coefficient (Wildman–Crippen LogP) is 0.0336. The van der Waals surface area contributed by atoms with E-state index in [0.29, 0.717) is 19.2 Å². The third kappa shape index (κ3) is 2.45. The maximum Gasteiger partial charge on any atom is 0.250 e. The quantitative estimate of drug-likeness (QED) is 0.658. The second kappa shape index (κ2) is 4.75. The van der Waals surface area contributed by atoms with Crippen LogP contribution in [-0.2, 0) is 9.53 Å². The summed E-state index contributed by atoms with van der Waals surface area (Å²) in [7, 11) is 0. The first-order chi connectivity index (χ1) is 6.86. The van der Waals surface area contributed by atoms with Crippen molar-refractivity contribution in [2.24, 2.45) is 0 Å². The predicted molar refractivity (Wildman–Crippen MR) is 53.0 cm³/mol. The highest BCUT2D eigenvalue weighted by Crippen LogP contribution is 2.17. The summed E-state index contributed by atoms with van der Waals surface area (Å²) in [6, 6.07) is 0.396. The van der Waals surface area contributed by atoms with Crippen LogP contribution in [0.1, 0.15) is 25.7 Å². The zero-order valence-corrected chi connectivity index (χ0v) is 8.42. The van der Waals surface area contributed by atoms with Gasteiger partial charge in [0.2, 0.25) is 0 Å². The Bertz CT molecular complexity index is 196. The van der Waals surface area contributed by atoms with Crippen LogP contribution in [0.4, 0.5) is 0 Å². The Hall–Kier alpha value is -0.610. The van der Waals surface area contributed by atoms with E-state index in [0.717, 1.165) is 19.4 Å². The molecule has 14 heavy (non-hydrogen) atoms. The number of hydrogen-bond acceptors (Lipinski definition) is 3. The highest BCUT2D eigenvalue weighted by Gasteiger charge is 2.25. The molecule has 2 rings (SSSR count). The minimum absolute atomic E-state index is 0.0594. The van der Waals surface area contributed by atoms with Crippen LogP contribution in [-0.4, -0.2) is 37.7 Å². The molecule has 4 heteroatoms. The molecule has 0 aromatic heterocycles. The van der Waals surface area contributed by atoms with E-state index in [-0.39, 0.29) is 12.0 Å². The Kier molecular flexibility index (Phi) is 3.37. The van der Waals surface area contributed by atoms with Crippen molar-refractivity contribution in [2.45, 2.75) is 37.8 Å². The van der Waals surface area contributed by atoms with Gasteiger partial charge in [-0.1, -0.05) is 12.8 Å². The van der Waals surface area contributed by atoms with Gasteiger partial charge in [0.15, 0.2) is 0 Å². The summed E-state index contributed by atoms with van der Waals surface area (Å²) in [4.78, 5) is 11.7. The molecule has 1 heterocycles. The molecule has 0 radical (unpaired) electrons. The van der Waals surface area contributed by atoms with Crippen molar-refractivity contribution in [3.63, 3.8) is 0 Å². The fourth-order valence-corrected chi connectivity index (χ4v) is 2.10. The van der Waals surface area contributed by atoms with Crippen molar-refractivity contribution < 1.29 is 9.53 Å². The second-order valence-corrected chi connectivity index (χ2v) is 4.05. The van der Waals surface area contributed by atoms with Crippen LogP contribution < -0.4 is 10.6 Å². The number of hydrogen-bond donors (Lipinski definition) is 2. The molecule has 1 amide bonds. The van der Waals surface area contributed by atoms with Gasteiger partial charge in [0.05, 0.1) is 6.61 Å². The fraction of sp³-hybridized carbons (Fsp3) is 0.900. The monoisotopic (exact) mass is 198 g/mol. The summed E-state index contributed by atoms with van der Waals surface area (Å²) in [6.45, 7) is 2.15. The van der Waals surface area contributed by atoms with Gasteiger partial charge >= 0.3 is 0 Å². The molecule has 2 N–H and O–H groups in total. The lowest BCUT2D eigenvalue weighted by Gasteiger charge is -2.24. The summed E-state index contributed by atoms with van der Waals surface area (Å²) >= 11 is 0. The largest absolute Gasteiger partial charge is 0.366 e. The average molecular weight is 198 g/mol. The van der Waals surface area contributed by atoms with Crippen LogP contribution in [0.5, 0.6) is 0 Å². The van der Waals surface area contributed by atoms with E-state index in [1.54, 1.807) is 0 Å². The van der Waals surface area contributed by atoms with E-state index < -0.39 is 0 Å². The molecule has 0 aromatic rings. The molecular formula is C10H18N2O2. The van der Waals surface area contributed by atoms with Gasteiger partial charge in [0, 0.05) is 19.1 Å². The zero-order chi connectivity index (χ0) is 9.80. The SMILES string of the molecule is O=C(NC1CCCC1)[C@H]1CNCCO1. The lowest BCUT2D eigenvalue weighted by molar-refractivity contribution is -0.134. The highest BCUT2D eigenvalue weighted by atomic mass is 16.5. The molecule has 1 saturated heterocycles. The molecule has 1 saturated carbocycles. The molecule has 4 nitrogen and oxygen atoms in total. The Labute approximate surface area is 84.4 Å². The molecule has 0 unspecified atom stereocenters. The Morgan fingerprint density at radius 1 is 1.36 bits per heavy atom. The van der Waals surface area contributed by atoms with E-state index in [9.17, 15) is 4.79 Å². The Morgan fingerprint density at radius 3 is 2.79 bits per heavy atom. The third-order valence-electron chi connectivity index (χ3n) is 2.92. The van der Waals surface area contributed by atoms with Crippen LogP contribution in [0.2, 0.25) is 0 Å². The number of nitrogens with one attached hydrogen (secondary N) is 2. The van der Waals surface area contributed by atoms with Gasteiger partial charge < -0.3 is 15.4 Å². The van der Waals surface area contributed by atoms with Crippen LogP contribution in [0, 0.1) is 0 Å². The summed E-state index contributed by atoms with van der Waals surface area (Å²) in [5.41, 5.74) is 0. The molecule has 2 aliphatic rings. The maximum atomic E-state index is 11.7. The maximum absolute atomic E-state index is 11.7. The molecule has 2 fully saturated rings. The summed E-state index contributed by atoms with van der Waals surface area (Å²) < 4.78 is 5.38. The first-order valence-electron chi connectivity index (χ1n) is 5.49. The molecule has 80 valence electrons. The molecule has 0 spiro atoms. The number of morpholine rings is 1. The Morgan fingerprint density at radius 2 is 2.14 bits per heavy atom. The summed E-state index contributed by atoms with van der Waals surface area (Å²) in [6.07, 6.45) is 4.48. The van der Waals surface area contributed by atoms with Crippen LogP contribution in [0.3, 0.4) is 0 Å². The normalized spacial score (nSPS) is 29.0. The van der Waals surface area contributed by atoms with Crippen molar-refractivity contribution in [1.29, 1.82) is 0 Å². The number of carbonyl (C=O) groups excluding carboxylic acids is 1. The molecule has 0 bridgehead atoms. The minimum atomic E-state index is -0.274. The summed E-state index contributed by atoms with van der Waals surface area (Å²) in [5, 5.41) is 6.20. The van der Waals surface area contributed by atoms with Gasteiger partial charge in [-0.25, -0.2) is 0 Å². The van der Waals surface area contributed by atoms with E-state index >= 15 is 0 Å². The number of carbonyl (C=O) groups is 1. The fourth-order valence-electron chi connectivity index (χ4n) is 2.10. The van der Waals surface area contributed by atoms with Gasteiger partial charge in [-0.2, -0.15) is 0 Å². The minimum Gasteiger partial charge on any atom is -0.366 e. The van der Waals surface area contributed by atoms with Crippen molar-refractivity contribution in [3.8, 4) is 0 Å². The zero-order valence-electron chi connectivity index (χ0n) is 8.42. The van der Waals surface area contributed by atoms with E-state index in [2.05, 4.69) is 10.6 Å². The van der Waals surface area contributed by atoms with Gasteiger partial charge in [0.25, 0.3) is 5.91 Å². The lowest BCUT2D eigenvalue weighted by atomic mass is 10.2. The standard InChI is InChI=1S/C10H18N2O2/c13-10(9-7-11-5-6-14-9)12-8-3-1-2-4-8/h8-9,11H,1-7H2,(H,12,13)/t9-/m1/s1. The van der Waals surface area contributed by atoms with E-state index in [1.165, 1.54) is 12.8 Å². The number of amides is 1. The van der Waals surface area contributed by atoms with Gasteiger partial charge in [-0.05, 0) is 12.8 Å². The molecule has 0 aromatic carbocycles. The Balaban J connectivity index is 1.75. The summed E-state index contributed by atoms with van der Waals surface area (Å²) in [5.74, 6) is 0.0594. The van der Waals surface area contributed by atoms with Crippen molar-refractivity contribution >= 4 is 5.91 Å². The van der Waals surface area contributed by atoms with Crippen LogP contribution in [0.15, 0.2) is 0 Å². The third-order valence-corrected chi connectivity index (χ3v) is 2.92. The average Bonchev–Trinajstić information content (AvgIpc) is 2.72. The highest BCUT2D eigenvalue weighted by molar-refractivity contribution is 5.81. The first-order valence-corrected chi connectivity index (χ1v) is 5.49. The van der Waals surface area contributed by atoms with Crippen molar-refractivity contribution in [1.82, 2.24) is 10.6 Å². The number of ether oxygens (including phenoxy) is 1. The van der Waals surface area contributed by atoms with Crippen molar-refractivity contribution in [2.75, 3.05) is 19.7 Å². The molecular weight excluding hydrogens is 180 g/mol. The topological polar surface area (TPSA) is 50.4 Å². The van der Waals surface area contributed by atoms with Crippen LogP contribution >= 0.6 is 0 Å².